The average Bonchev–Trinajstić information content (AvgIpc) is 2.74. The van der Waals surface area contributed by atoms with Crippen LogP contribution in [0.4, 0.5) is 0 Å². The highest BCUT2D eigenvalue weighted by atomic mass is 16.6. The van der Waals surface area contributed by atoms with Crippen molar-refractivity contribution in [3.8, 4) is 0 Å². The Kier molecular flexibility index (Phi) is 3.41. The highest BCUT2D eigenvalue weighted by Crippen LogP contribution is 2.21. The van der Waals surface area contributed by atoms with E-state index in [0.717, 1.165) is 5.56 Å². The smallest absolute Gasteiger partial charge is 0.328 e. The third-order valence-electron chi connectivity index (χ3n) is 2.45. The van der Waals surface area contributed by atoms with Gasteiger partial charge in [-0.2, -0.15) is 0 Å². The van der Waals surface area contributed by atoms with Crippen molar-refractivity contribution in [1.82, 2.24) is 0 Å². The molecule has 0 unspecified atom stereocenters. The summed E-state index contributed by atoms with van der Waals surface area (Å²) >= 11 is 0. The SMILES string of the molecule is [B][C@]1(C(=O)OC(C)C)COC(c2ccccc2)=N1. The summed E-state index contributed by atoms with van der Waals surface area (Å²) < 4.78 is 10.5. The number of carbonyl (C=O) groups excluding carboxylic acids is 1. The van der Waals surface area contributed by atoms with Crippen molar-refractivity contribution in [2.24, 2.45) is 4.99 Å². The quantitative estimate of drug-likeness (QED) is 0.593. The number of nitrogens with zero attached hydrogens (tertiary/aromatic N) is 1. The molecular weight excluding hydrogens is 229 g/mol. The van der Waals surface area contributed by atoms with Crippen molar-refractivity contribution in [3.05, 3.63) is 35.9 Å². The molecule has 18 heavy (non-hydrogen) atoms. The van der Waals surface area contributed by atoms with Gasteiger partial charge in [-0.1, -0.05) is 18.2 Å². The first-order valence-corrected chi connectivity index (χ1v) is 5.79. The van der Waals surface area contributed by atoms with E-state index in [0.29, 0.717) is 5.90 Å². The van der Waals surface area contributed by atoms with Crippen LogP contribution in [0, 0.1) is 0 Å². The molecule has 1 atom stereocenters. The summed E-state index contributed by atoms with van der Waals surface area (Å²) in [5.74, 6) is -0.192. The van der Waals surface area contributed by atoms with Crippen LogP contribution in [0.2, 0.25) is 0 Å². The van der Waals surface area contributed by atoms with Gasteiger partial charge in [0.25, 0.3) is 0 Å². The Morgan fingerprint density at radius 2 is 2.11 bits per heavy atom. The lowest BCUT2D eigenvalue weighted by Gasteiger charge is -2.18. The van der Waals surface area contributed by atoms with Crippen molar-refractivity contribution in [3.63, 3.8) is 0 Å². The van der Waals surface area contributed by atoms with Crippen LogP contribution in [0.5, 0.6) is 0 Å². The molecular formula is C13H14BNO3. The maximum absolute atomic E-state index is 11.8. The Labute approximate surface area is 107 Å². The Balaban J connectivity index is 2.19. The van der Waals surface area contributed by atoms with Crippen LogP contribution in [0.25, 0.3) is 0 Å². The van der Waals surface area contributed by atoms with Crippen molar-refractivity contribution in [2.75, 3.05) is 6.61 Å². The molecule has 5 heteroatoms. The third-order valence-corrected chi connectivity index (χ3v) is 2.45. The van der Waals surface area contributed by atoms with E-state index in [1.807, 2.05) is 30.3 Å². The van der Waals surface area contributed by atoms with Crippen molar-refractivity contribution < 1.29 is 14.3 Å². The predicted molar refractivity (Wildman–Crippen MR) is 68.6 cm³/mol. The molecule has 1 aromatic carbocycles. The zero-order valence-corrected chi connectivity index (χ0v) is 10.4. The van der Waals surface area contributed by atoms with E-state index in [1.54, 1.807) is 13.8 Å². The van der Waals surface area contributed by atoms with E-state index in [2.05, 4.69) is 4.99 Å². The molecule has 1 aliphatic heterocycles. The molecule has 0 saturated heterocycles. The summed E-state index contributed by atoms with van der Waals surface area (Å²) in [6.07, 6.45) is -0.228. The summed E-state index contributed by atoms with van der Waals surface area (Å²) in [6.45, 7) is 3.53. The van der Waals surface area contributed by atoms with Crippen molar-refractivity contribution in [2.45, 2.75) is 25.4 Å². The van der Waals surface area contributed by atoms with E-state index in [9.17, 15) is 4.79 Å². The minimum absolute atomic E-state index is 0.00276. The number of hydrogen-bond acceptors (Lipinski definition) is 4. The van der Waals surface area contributed by atoms with Crippen LogP contribution in [0.3, 0.4) is 0 Å². The second-order valence-electron chi connectivity index (χ2n) is 4.45. The first kappa shape index (κ1) is 12.7. The van der Waals surface area contributed by atoms with Gasteiger partial charge in [0.15, 0.2) is 5.44 Å². The van der Waals surface area contributed by atoms with Crippen LogP contribution in [-0.2, 0) is 14.3 Å². The van der Waals surface area contributed by atoms with Gasteiger partial charge in [-0.05, 0) is 26.0 Å². The average molecular weight is 243 g/mol. The monoisotopic (exact) mass is 243 g/mol. The van der Waals surface area contributed by atoms with Crippen molar-refractivity contribution in [1.29, 1.82) is 0 Å². The lowest BCUT2D eigenvalue weighted by atomic mass is 9.79. The van der Waals surface area contributed by atoms with E-state index >= 15 is 0 Å². The first-order chi connectivity index (χ1) is 8.51. The van der Waals surface area contributed by atoms with Gasteiger partial charge in [0.2, 0.25) is 5.90 Å². The molecule has 2 rings (SSSR count). The maximum atomic E-state index is 11.8. The molecule has 4 nitrogen and oxygen atoms in total. The number of esters is 1. The molecule has 0 spiro atoms. The largest absolute Gasteiger partial charge is 0.475 e. The van der Waals surface area contributed by atoms with Crippen molar-refractivity contribution >= 4 is 19.7 Å². The molecule has 0 fully saturated rings. The Hall–Kier alpha value is -1.78. The Morgan fingerprint density at radius 3 is 2.72 bits per heavy atom. The number of aliphatic imine (C=N–C) groups is 1. The van der Waals surface area contributed by atoms with E-state index in [4.69, 9.17) is 17.3 Å². The fraction of sp³-hybridized carbons (Fsp3) is 0.385. The van der Waals surface area contributed by atoms with E-state index in [1.165, 1.54) is 0 Å². The molecule has 0 N–H and O–H groups in total. The zero-order chi connectivity index (χ0) is 13.2. The molecule has 0 amide bonds. The van der Waals surface area contributed by atoms with Gasteiger partial charge in [-0.25, -0.2) is 4.99 Å². The maximum Gasteiger partial charge on any atom is 0.328 e. The topological polar surface area (TPSA) is 47.9 Å². The highest BCUT2D eigenvalue weighted by molar-refractivity contribution is 6.29. The summed E-state index contributed by atoms with van der Waals surface area (Å²) in [5.41, 5.74) is -0.641. The van der Waals surface area contributed by atoms with Crippen LogP contribution >= 0.6 is 0 Å². The van der Waals surface area contributed by atoms with Crippen LogP contribution in [0.15, 0.2) is 35.3 Å². The molecule has 92 valence electrons. The lowest BCUT2D eigenvalue weighted by molar-refractivity contribution is -0.150. The number of hydrogen-bond donors (Lipinski definition) is 0. The molecule has 0 aliphatic carbocycles. The minimum Gasteiger partial charge on any atom is -0.475 e. The van der Waals surface area contributed by atoms with Gasteiger partial charge in [-0.3, -0.25) is 4.79 Å². The molecule has 2 radical (unpaired) electrons. The molecule has 0 aromatic heterocycles. The second kappa shape index (κ2) is 4.84. The van der Waals surface area contributed by atoms with E-state index in [-0.39, 0.29) is 12.7 Å². The number of benzene rings is 1. The molecule has 1 heterocycles. The minimum atomic E-state index is -1.44. The summed E-state index contributed by atoms with van der Waals surface area (Å²) in [6, 6.07) is 9.31. The summed E-state index contributed by atoms with van der Waals surface area (Å²) in [7, 11) is 5.89. The Morgan fingerprint density at radius 1 is 1.44 bits per heavy atom. The standard InChI is InChI=1S/C13H14BNO3/c1-9(2)18-12(16)13(14)8-17-11(15-13)10-6-4-3-5-7-10/h3-7,9H,8H2,1-2H3/t13-/m1/s1. The van der Waals surface area contributed by atoms with Crippen LogP contribution in [0.1, 0.15) is 19.4 Å². The third kappa shape index (κ3) is 2.55. The number of carbonyl (C=O) groups is 1. The van der Waals surface area contributed by atoms with E-state index < -0.39 is 11.4 Å². The number of ether oxygens (including phenoxy) is 2. The first-order valence-electron chi connectivity index (χ1n) is 5.79. The van der Waals surface area contributed by atoms with Gasteiger partial charge < -0.3 is 9.47 Å². The molecule has 0 saturated carbocycles. The van der Waals surface area contributed by atoms with Gasteiger partial charge in [0, 0.05) is 5.56 Å². The predicted octanol–water partition coefficient (Wildman–Crippen LogP) is 1.28. The molecule has 0 bridgehead atoms. The van der Waals surface area contributed by atoms with Crippen LogP contribution < -0.4 is 0 Å². The Bertz CT molecular complexity index is 472. The molecule has 1 aromatic rings. The normalized spacial score (nSPS) is 22.5. The highest BCUT2D eigenvalue weighted by Gasteiger charge is 2.40. The lowest BCUT2D eigenvalue weighted by Crippen LogP contribution is -2.41. The fourth-order valence-corrected chi connectivity index (χ4v) is 1.57. The zero-order valence-electron chi connectivity index (χ0n) is 10.4. The fourth-order valence-electron chi connectivity index (χ4n) is 1.57. The van der Waals surface area contributed by atoms with Gasteiger partial charge in [0.1, 0.15) is 14.5 Å². The molecule has 1 aliphatic rings. The second-order valence-corrected chi connectivity index (χ2v) is 4.45. The number of rotatable bonds is 3. The van der Waals surface area contributed by atoms with Gasteiger partial charge >= 0.3 is 5.97 Å². The van der Waals surface area contributed by atoms with Crippen LogP contribution in [-0.4, -0.2) is 37.9 Å². The van der Waals surface area contributed by atoms with Gasteiger partial charge in [0.05, 0.1) is 6.10 Å². The summed E-state index contributed by atoms with van der Waals surface area (Å²) in [4.78, 5) is 16.0. The van der Waals surface area contributed by atoms with Gasteiger partial charge in [-0.15, -0.1) is 0 Å². The summed E-state index contributed by atoms with van der Waals surface area (Å²) in [5, 5.41) is 0.